The van der Waals surface area contributed by atoms with E-state index in [0.29, 0.717) is 13.0 Å². The van der Waals surface area contributed by atoms with E-state index in [-0.39, 0.29) is 24.5 Å². The zero-order valence-corrected chi connectivity index (χ0v) is 12.8. The molecule has 1 unspecified atom stereocenters. The molecule has 1 atom stereocenters. The van der Waals surface area contributed by atoms with E-state index in [4.69, 9.17) is 0 Å². The third kappa shape index (κ3) is 3.39. The molecule has 0 aromatic heterocycles. The highest BCUT2D eigenvalue weighted by molar-refractivity contribution is 5.79. The predicted octanol–water partition coefficient (Wildman–Crippen LogP) is 1.57. The lowest BCUT2D eigenvalue weighted by atomic mass is 9.98. The van der Waals surface area contributed by atoms with Crippen molar-refractivity contribution < 1.29 is 14.3 Å². The molecule has 1 saturated carbocycles. The Morgan fingerprint density at radius 3 is 2.48 bits per heavy atom. The molecule has 3 aliphatic rings. The lowest BCUT2D eigenvalue weighted by Gasteiger charge is -2.39. The van der Waals surface area contributed by atoms with Crippen LogP contribution in [0.15, 0.2) is 0 Å². The van der Waals surface area contributed by atoms with Crippen LogP contribution in [0, 0.1) is 5.92 Å². The largest absolute Gasteiger partial charge is 0.389 e. The minimum Gasteiger partial charge on any atom is -0.389 e. The number of hydrogen-bond donors (Lipinski definition) is 1. The van der Waals surface area contributed by atoms with Gasteiger partial charge in [0, 0.05) is 44.6 Å². The molecule has 0 aromatic carbocycles. The third-order valence-corrected chi connectivity index (χ3v) is 5.51. The van der Waals surface area contributed by atoms with Crippen LogP contribution in [0.25, 0.3) is 0 Å². The van der Waals surface area contributed by atoms with Gasteiger partial charge in [-0.3, -0.25) is 9.18 Å². The van der Waals surface area contributed by atoms with E-state index in [9.17, 15) is 14.3 Å². The molecule has 4 nitrogen and oxygen atoms in total. The minimum atomic E-state index is -0.477. The number of piperidine rings is 1. The van der Waals surface area contributed by atoms with Crippen LogP contribution in [0.5, 0.6) is 0 Å². The first-order chi connectivity index (χ1) is 10.1. The number of carbonyl (C=O) groups excluding carboxylic acids is 1. The van der Waals surface area contributed by atoms with Crippen molar-refractivity contribution in [2.75, 3.05) is 32.9 Å². The molecule has 21 heavy (non-hydrogen) atoms. The fourth-order valence-corrected chi connectivity index (χ4v) is 4.26. The van der Waals surface area contributed by atoms with Crippen LogP contribution in [0.1, 0.15) is 44.9 Å². The molecule has 0 spiro atoms. The van der Waals surface area contributed by atoms with E-state index < -0.39 is 5.60 Å². The second-order valence-electron chi connectivity index (χ2n) is 7.21. The predicted molar refractivity (Wildman–Crippen MR) is 78.7 cm³/mol. The number of alkyl halides is 1. The number of nitrogens with zero attached hydrogens (tertiary/aromatic N) is 2. The number of aliphatic hydroxyl groups is 1. The second kappa shape index (κ2) is 6.21. The van der Waals surface area contributed by atoms with Gasteiger partial charge in [-0.2, -0.15) is 0 Å². The molecular formula is C16H27FN2O2. The lowest BCUT2D eigenvalue weighted by Crippen LogP contribution is -2.49. The average molecular weight is 298 g/mol. The zero-order chi connectivity index (χ0) is 14.9. The van der Waals surface area contributed by atoms with E-state index in [1.807, 2.05) is 4.90 Å². The molecule has 1 N–H and O–H groups in total. The topological polar surface area (TPSA) is 43.8 Å². The number of halogens is 1. The van der Waals surface area contributed by atoms with Gasteiger partial charge in [0.05, 0.1) is 12.3 Å². The maximum atomic E-state index is 12.7. The van der Waals surface area contributed by atoms with Crippen LogP contribution in [0.4, 0.5) is 4.39 Å². The SMILES string of the molecule is O=C1CC(CF)CN1C1CCN(CC2(O)CCCC2)CC1. The Bertz CT molecular complexity index is 376. The number of hydrogen-bond acceptors (Lipinski definition) is 3. The van der Waals surface area contributed by atoms with Gasteiger partial charge in [-0.25, -0.2) is 0 Å². The van der Waals surface area contributed by atoms with Gasteiger partial charge in [0.1, 0.15) is 0 Å². The minimum absolute atomic E-state index is 0.0882. The van der Waals surface area contributed by atoms with Crippen molar-refractivity contribution in [1.82, 2.24) is 9.80 Å². The number of likely N-dealkylation sites (tertiary alicyclic amines) is 2. The van der Waals surface area contributed by atoms with Crippen LogP contribution < -0.4 is 0 Å². The summed E-state index contributed by atoms with van der Waals surface area (Å²) >= 11 is 0. The van der Waals surface area contributed by atoms with Gasteiger partial charge in [-0.15, -0.1) is 0 Å². The van der Waals surface area contributed by atoms with E-state index in [1.165, 1.54) is 0 Å². The molecule has 1 amide bonds. The summed E-state index contributed by atoms with van der Waals surface area (Å²) in [5.41, 5.74) is -0.477. The monoisotopic (exact) mass is 298 g/mol. The number of amides is 1. The molecule has 0 bridgehead atoms. The van der Waals surface area contributed by atoms with Crippen LogP contribution >= 0.6 is 0 Å². The second-order valence-corrected chi connectivity index (χ2v) is 7.21. The Labute approximate surface area is 126 Å². The molecule has 2 aliphatic heterocycles. The summed E-state index contributed by atoms with van der Waals surface area (Å²) in [5, 5.41) is 10.5. The molecule has 5 heteroatoms. The van der Waals surface area contributed by atoms with Crippen molar-refractivity contribution in [3.8, 4) is 0 Å². The highest BCUT2D eigenvalue weighted by atomic mass is 19.1. The summed E-state index contributed by atoms with van der Waals surface area (Å²) in [5.74, 6) is 0.0419. The van der Waals surface area contributed by atoms with Gasteiger partial charge < -0.3 is 14.9 Å². The van der Waals surface area contributed by atoms with Crippen LogP contribution in [-0.4, -0.2) is 65.3 Å². The van der Waals surface area contributed by atoms with Gasteiger partial charge >= 0.3 is 0 Å². The molecule has 0 aromatic rings. The van der Waals surface area contributed by atoms with E-state index in [2.05, 4.69) is 4.90 Å². The molecule has 3 fully saturated rings. The molecular weight excluding hydrogens is 271 g/mol. The van der Waals surface area contributed by atoms with Gasteiger partial charge in [0.25, 0.3) is 0 Å². The molecule has 120 valence electrons. The fourth-order valence-electron chi connectivity index (χ4n) is 4.26. The summed E-state index contributed by atoms with van der Waals surface area (Å²) in [6, 6.07) is 0.281. The summed E-state index contributed by atoms with van der Waals surface area (Å²) in [7, 11) is 0. The van der Waals surface area contributed by atoms with Gasteiger partial charge in [-0.05, 0) is 25.7 Å². The van der Waals surface area contributed by atoms with Crippen LogP contribution in [0.2, 0.25) is 0 Å². The quantitative estimate of drug-likeness (QED) is 0.857. The van der Waals surface area contributed by atoms with Crippen molar-refractivity contribution in [1.29, 1.82) is 0 Å². The fraction of sp³-hybridized carbons (Fsp3) is 0.938. The van der Waals surface area contributed by atoms with E-state index >= 15 is 0 Å². The molecule has 3 rings (SSSR count). The maximum absolute atomic E-state index is 12.7. The third-order valence-electron chi connectivity index (χ3n) is 5.51. The smallest absolute Gasteiger partial charge is 0.223 e. The van der Waals surface area contributed by atoms with Crippen molar-refractivity contribution in [3.63, 3.8) is 0 Å². The van der Waals surface area contributed by atoms with Gasteiger partial charge in [0.2, 0.25) is 5.91 Å². The number of rotatable bonds is 4. The molecule has 0 radical (unpaired) electrons. The van der Waals surface area contributed by atoms with E-state index in [1.54, 1.807) is 0 Å². The van der Waals surface area contributed by atoms with Crippen molar-refractivity contribution in [3.05, 3.63) is 0 Å². The van der Waals surface area contributed by atoms with Crippen molar-refractivity contribution in [2.24, 2.45) is 5.92 Å². The Kier molecular flexibility index (Phi) is 4.50. The normalized spacial score (nSPS) is 31.2. The van der Waals surface area contributed by atoms with Crippen molar-refractivity contribution >= 4 is 5.91 Å². The standard InChI is InChI=1S/C16H27FN2O2/c17-10-13-9-15(20)19(11-13)14-3-7-18(8-4-14)12-16(21)5-1-2-6-16/h13-14,21H,1-12H2. The van der Waals surface area contributed by atoms with Gasteiger partial charge in [-0.1, -0.05) is 12.8 Å². The zero-order valence-electron chi connectivity index (χ0n) is 12.8. The highest BCUT2D eigenvalue weighted by Crippen LogP contribution is 2.32. The first-order valence-electron chi connectivity index (χ1n) is 8.40. The Balaban J connectivity index is 1.48. The molecule has 1 aliphatic carbocycles. The summed E-state index contributed by atoms with van der Waals surface area (Å²) in [6.07, 6.45) is 6.43. The van der Waals surface area contributed by atoms with E-state index in [0.717, 1.165) is 58.2 Å². The number of β-amino-alcohol motifs (C(OH)–C–C–N with tert-alkyl or cyclic N) is 1. The summed E-state index contributed by atoms with van der Waals surface area (Å²) < 4.78 is 12.7. The van der Waals surface area contributed by atoms with Crippen LogP contribution in [0.3, 0.4) is 0 Å². The Morgan fingerprint density at radius 2 is 1.90 bits per heavy atom. The maximum Gasteiger partial charge on any atom is 0.223 e. The van der Waals surface area contributed by atoms with Crippen molar-refractivity contribution in [2.45, 2.75) is 56.6 Å². The van der Waals surface area contributed by atoms with Gasteiger partial charge in [0.15, 0.2) is 0 Å². The first kappa shape index (κ1) is 15.2. The number of carbonyl (C=O) groups is 1. The Morgan fingerprint density at radius 1 is 1.24 bits per heavy atom. The highest BCUT2D eigenvalue weighted by Gasteiger charge is 2.38. The summed E-state index contributed by atoms with van der Waals surface area (Å²) in [6.45, 7) is 2.88. The Hall–Kier alpha value is -0.680. The average Bonchev–Trinajstić information content (AvgIpc) is 3.06. The summed E-state index contributed by atoms with van der Waals surface area (Å²) in [4.78, 5) is 16.2. The molecule has 2 saturated heterocycles. The lowest BCUT2D eigenvalue weighted by molar-refractivity contribution is -0.130. The first-order valence-corrected chi connectivity index (χ1v) is 8.40. The molecule has 2 heterocycles. The van der Waals surface area contributed by atoms with Crippen LogP contribution in [-0.2, 0) is 4.79 Å².